The third kappa shape index (κ3) is 3.96. The highest BCUT2D eigenvalue weighted by Crippen LogP contribution is 2.24. The number of amides is 1. The summed E-state index contributed by atoms with van der Waals surface area (Å²) in [7, 11) is 1.80. The number of anilines is 1. The van der Waals surface area contributed by atoms with E-state index in [1.807, 2.05) is 13.8 Å². The van der Waals surface area contributed by atoms with Crippen molar-refractivity contribution in [3.8, 4) is 5.69 Å². The molecule has 1 amide bonds. The number of aromatic nitrogens is 4. The van der Waals surface area contributed by atoms with Crippen LogP contribution in [0.25, 0.3) is 16.6 Å². The van der Waals surface area contributed by atoms with Gasteiger partial charge in [-0.2, -0.15) is 5.10 Å². The van der Waals surface area contributed by atoms with Gasteiger partial charge in [0, 0.05) is 7.05 Å². The third-order valence-electron chi connectivity index (χ3n) is 4.94. The van der Waals surface area contributed by atoms with Gasteiger partial charge in [0.25, 0.3) is 5.56 Å². The molecule has 0 saturated heterocycles. The minimum atomic E-state index is -0.547. The molecule has 7 nitrogen and oxygen atoms in total. The molecule has 4 rings (SSSR count). The summed E-state index contributed by atoms with van der Waals surface area (Å²) in [5.41, 5.74) is 2.39. The number of carbonyl (C=O) groups is 1. The van der Waals surface area contributed by atoms with Crippen LogP contribution < -0.4 is 10.9 Å². The third-order valence-corrected chi connectivity index (χ3v) is 5.88. The van der Waals surface area contributed by atoms with Crippen molar-refractivity contribution in [1.29, 1.82) is 0 Å². The number of carbonyl (C=O) groups excluding carboxylic acids is 1. The molecule has 4 aromatic rings. The fraction of sp³-hybridized carbons (Fsp3) is 0.182. The number of para-hydroxylation sites is 2. The Balaban J connectivity index is 1.70. The number of aryl methyl sites for hydroxylation is 2. The number of hydrogen-bond acceptors (Lipinski definition) is 5. The number of nitrogens with one attached hydrogen (secondary N) is 1. The normalized spacial score (nSPS) is 11.1. The van der Waals surface area contributed by atoms with E-state index in [0.717, 1.165) is 17.5 Å². The summed E-state index contributed by atoms with van der Waals surface area (Å²) >= 11 is 1.07. The maximum Gasteiger partial charge on any atom is 0.266 e. The topological polar surface area (TPSA) is 81.8 Å². The summed E-state index contributed by atoms with van der Waals surface area (Å²) in [5, 5.41) is 7.76. The number of nitrogens with zero attached hydrogens (tertiary/aromatic N) is 4. The minimum Gasteiger partial charge on any atom is -0.322 e. The number of halogens is 1. The zero-order valence-corrected chi connectivity index (χ0v) is 18.0. The summed E-state index contributed by atoms with van der Waals surface area (Å²) in [5.74, 6) is -0.825. The minimum absolute atomic E-state index is 0.00694. The van der Waals surface area contributed by atoms with Gasteiger partial charge in [0.1, 0.15) is 5.82 Å². The first-order valence-corrected chi connectivity index (χ1v) is 10.5. The lowest BCUT2D eigenvalue weighted by atomic mass is 10.2. The predicted octanol–water partition coefficient (Wildman–Crippen LogP) is 3.61. The van der Waals surface area contributed by atoms with Crippen molar-refractivity contribution >= 4 is 34.3 Å². The molecule has 0 bridgehead atoms. The molecule has 0 spiro atoms. The first-order valence-electron chi connectivity index (χ1n) is 9.56. The van der Waals surface area contributed by atoms with Crippen LogP contribution in [0.3, 0.4) is 0 Å². The van der Waals surface area contributed by atoms with E-state index in [1.165, 1.54) is 16.7 Å². The number of rotatable bonds is 5. The second kappa shape index (κ2) is 8.35. The van der Waals surface area contributed by atoms with Crippen LogP contribution in [0.15, 0.2) is 58.5 Å². The average Bonchev–Trinajstić information content (AvgIpc) is 2.99. The zero-order chi connectivity index (χ0) is 22.1. The maximum absolute atomic E-state index is 14.5. The van der Waals surface area contributed by atoms with Crippen molar-refractivity contribution < 1.29 is 9.18 Å². The van der Waals surface area contributed by atoms with Gasteiger partial charge in [0.05, 0.1) is 39.4 Å². The van der Waals surface area contributed by atoms with Gasteiger partial charge in [-0.3, -0.25) is 18.8 Å². The first-order chi connectivity index (χ1) is 14.9. The largest absolute Gasteiger partial charge is 0.322 e. The number of fused-ring (bicyclic) bond motifs is 1. The fourth-order valence-electron chi connectivity index (χ4n) is 3.31. The summed E-state index contributed by atoms with van der Waals surface area (Å²) < 4.78 is 17.4. The molecule has 0 aliphatic carbocycles. The van der Waals surface area contributed by atoms with E-state index in [-0.39, 0.29) is 22.5 Å². The monoisotopic (exact) mass is 437 g/mol. The number of thioether (sulfide) groups is 1. The summed E-state index contributed by atoms with van der Waals surface area (Å²) in [4.78, 5) is 30.3. The molecule has 0 atom stereocenters. The van der Waals surface area contributed by atoms with Crippen LogP contribution in [0.5, 0.6) is 0 Å². The lowest BCUT2D eigenvalue weighted by molar-refractivity contribution is -0.113. The van der Waals surface area contributed by atoms with Crippen molar-refractivity contribution in [2.45, 2.75) is 19.0 Å². The highest BCUT2D eigenvalue weighted by atomic mass is 32.2. The molecule has 1 N–H and O–H groups in total. The van der Waals surface area contributed by atoms with Gasteiger partial charge in [-0.05, 0) is 38.1 Å². The van der Waals surface area contributed by atoms with E-state index in [4.69, 9.17) is 0 Å². The Bertz CT molecular complexity index is 1360. The van der Waals surface area contributed by atoms with Crippen molar-refractivity contribution in [2.24, 2.45) is 7.05 Å². The number of hydrogen-bond donors (Lipinski definition) is 1. The number of benzene rings is 2. The molecule has 0 radical (unpaired) electrons. The lowest BCUT2D eigenvalue weighted by Crippen LogP contribution is -2.23. The second-order valence-corrected chi connectivity index (χ2v) is 7.95. The lowest BCUT2D eigenvalue weighted by Gasteiger charge is -2.14. The van der Waals surface area contributed by atoms with Crippen LogP contribution in [0, 0.1) is 19.7 Å². The van der Waals surface area contributed by atoms with E-state index >= 15 is 0 Å². The molecule has 2 aromatic heterocycles. The molecule has 2 heterocycles. The predicted molar refractivity (Wildman–Crippen MR) is 119 cm³/mol. The molecular formula is C22H20FN5O2S. The molecule has 9 heteroatoms. The fourth-order valence-corrected chi connectivity index (χ4v) is 4.12. The van der Waals surface area contributed by atoms with E-state index in [9.17, 15) is 14.0 Å². The Hall–Kier alpha value is -3.46. The van der Waals surface area contributed by atoms with Gasteiger partial charge in [-0.1, -0.05) is 36.0 Å². The van der Waals surface area contributed by atoms with Crippen molar-refractivity contribution in [3.63, 3.8) is 0 Å². The average molecular weight is 438 g/mol. The SMILES string of the molecule is Cc1nn(C)c(C)c1NC(=O)CSc1nc2ccccc2c(=O)n1-c1ccccc1F. The summed E-state index contributed by atoms with van der Waals surface area (Å²) in [6, 6.07) is 12.9. The van der Waals surface area contributed by atoms with E-state index in [0.29, 0.717) is 22.3 Å². The Kier molecular flexibility index (Phi) is 5.60. The molecule has 31 heavy (non-hydrogen) atoms. The van der Waals surface area contributed by atoms with Crippen molar-refractivity contribution in [3.05, 3.63) is 76.1 Å². The quantitative estimate of drug-likeness (QED) is 0.381. The molecule has 2 aromatic carbocycles. The molecule has 0 unspecified atom stereocenters. The van der Waals surface area contributed by atoms with Crippen LogP contribution in [0.1, 0.15) is 11.4 Å². The van der Waals surface area contributed by atoms with Gasteiger partial charge < -0.3 is 5.32 Å². The molecule has 158 valence electrons. The van der Waals surface area contributed by atoms with E-state index in [1.54, 1.807) is 48.1 Å². The second-order valence-electron chi connectivity index (χ2n) is 7.01. The van der Waals surface area contributed by atoms with Crippen LogP contribution in [-0.2, 0) is 11.8 Å². The van der Waals surface area contributed by atoms with E-state index < -0.39 is 11.4 Å². The van der Waals surface area contributed by atoms with Crippen molar-refractivity contribution in [1.82, 2.24) is 19.3 Å². The highest BCUT2D eigenvalue weighted by molar-refractivity contribution is 7.99. The maximum atomic E-state index is 14.5. The van der Waals surface area contributed by atoms with Gasteiger partial charge in [0.2, 0.25) is 5.91 Å². The molecule has 0 fully saturated rings. The van der Waals surface area contributed by atoms with Gasteiger partial charge in [-0.25, -0.2) is 9.37 Å². The van der Waals surface area contributed by atoms with Gasteiger partial charge >= 0.3 is 0 Å². The van der Waals surface area contributed by atoms with E-state index in [2.05, 4.69) is 15.4 Å². The highest BCUT2D eigenvalue weighted by Gasteiger charge is 2.18. The van der Waals surface area contributed by atoms with Gasteiger partial charge in [0.15, 0.2) is 5.16 Å². The van der Waals surface area contributed by atoms with Crippen LogP contribution in [-0.4, -0.2) is 31.0 Å². The van der Waals surface area contributed by atoms with Crippen molar-refractivity contribution in [2.75, 3.05) is 11.1 Å². The Morgan fingerprint density at radius 1 is 1.13 bits per heavy atom. The smallest absolute Gasteiger partial charge is 0.266 e. The molecular weight excluding hydrogens is 417 g/mol. The molecule has 0 aliphatic heterocycles. The molecule has 0 aliphatic rings. The molecule has 0 saturated carbocycles. The van der Waals surface area contributed by atoms with Crippen LogP contribution >= 0.6 is 11.8 Å². The van der Waals surface area contributed by atoms with Crippen LogP contribution in [0.4, 0.5) is 10.1 Å². The summed E-state index contributed by atoms with van der Waals surface area (Å²) in [6.07, 6.45) is 0. The zero-order valence-electron chi connectivity index (χ0n) is 17.2. The Labute approximate surface area is 181 Å². The van der Waals surface area contributed by atoms with Gasteiger partial charge in [-0.15, -0.1) is 0 Å². The summed E-state index contributed by atoms with van der Waals surface area (Å²) in [6.45, 7) is 3.68. The Morgan fingerprint density at radius 2 is 1.84 bits per heavy atom. The standard InChI is InChI=1S/C22H20FN5O2S/c1-13-20(14(2)27(3)26-13)25-19(29)12-31-22-24-17-10-6-4-8-15(17)21(30)28(22)18-11-7-5-9-16(18)23/h4-11H,12H2,1-3H3,(H,25,29). The first kappa shape index (κ1) is 20.8. The Morgan fingerprint density at radius 3 is 2.55 bits per heavy atom. The van der Waals surface area contributed by atoms with Crippen LogP contribution in [0.2, 0.25) is 0 Å².